The van der Waals surface area contributed by atoms with Gasteiger partial charge in [0.2, 0.25) is 12.6 Å². The number of hydrogen-bond donors (Lipinski definition) is 0. The maximum absolute atomic E-state index is 13.1. The summed E-state index contributed by atoms with van der Waals surface area (Å²) >= 11 is 0. The highest BCUT2D eigenvalue weighted by Gasteiger charge is 2.32. The maximum atomic E-state index is 13.1. The van der Waals surface area contributed by atoms with Crippen LogP contribution in [0.1, 0.15) is 32.4 Å². The molecule has 8 nitrogen and oxygen atoms in total. The Morgan fingerprint density at radius 1 is 0.933 bits per heavy atom. The normalized spacial score (nSPS) is 12.8. The second kappa shape index (κ2) is 8.04. The predicted octanol–water partition coefficient (Wildman–Crippen LogP) is 4.10. The van der Waals surface area contributed by atoms with Gasteiger partial charge in [-0.15, -0.1) is 0 Å². The Bertz CT molecular complexity index is 1110. The number of rotatable bonds is 6. The van der Waals surface area contributed by atoms with Crippen molar-refractivity contribution in [2.75, 3.05) is 6.79 Å². The fraction of sp³-hybridized carbons (Fsp3) is 0.0909. The topological polar surface area (TPSA) is 105 Å². The third-order valence-corrected chi connectivity index (χ3v) is 4.53. The number of carbonyl (C=O) groups is 2. The number of ketones is 1. The van der Waals surface area contributed by atoms with Crippen molar-refractivity contribution in [2.24, 2.45) is 0 Å². The average molecular weight is 405 g/mol. The molecule has 30 heavy (non-hydrogen) atoms. The Labute approximate surface area is 170 Å². The number of Topliss-reactive ketones (excluding diaryl/α,β-unsaturated/α-hetero) is 1. The summed E-state index contributed by atoms with van der Waals surface area (Å²) in [4.78, 5) is 36.7. The molecule has 0 amide bonds. The Kier molecular flexibility index (Phi) is 5.13. The van der Waals surface area contributed by atoms with Crippen molar-refractivity contribution >= 4 is 17.4 Å². The fourth-order valence-corrected chi connectivity index (χ4v) is 3.07. The Morgan fingerprint density at radius 2 is 1.53 bits per heavy atom. The van der Waals surface area contributed by atoms with E-state index in [0.29, 0.717) is 11.1 Å². The van der Waals surface area contributed by atoms with Crippen molar-refractivity contribution in [2.45, 2.75) is 6.10 Å². The van der Waals surface area contributed by atoms with Crippen LogP contribution in [0.25, 0.3) is 0 Å². The smallest absolute Gasteiger partial charge is 0.346 e. The molecule has 1 aliphatic rings. The van der Waals surface area contributed by atoms with Gasteiger partial charge in [0, 0.05) is 17.2 Å². The van der Waals surface area contributed by atoms with Crippen LogP contribution in [0.15, 0.2) is 72.8 Å². The largest absolute Gasteiger partial charge is 0.454 e. The molecule has 0 aliphatic carbocycles. The van der Waals surface area contributed by atoms with E-state index in [1.54, 1.807) is 60.7 Å². The molecule has 3 aromatic carbocycles. The Balaban J connectivity index is 1.71. The van der Waals surface area contributed by atoms with Gasteiger partial charge in [0.25, 0.3) is 5.69 Å². The molecule has 3 aromatic rings. The van der Waals surface area contributed by atoms with Gasteiger partial charge in [-0.25, -0.2) is 4.79 Å². The molecule has 1 aliphatic heterocycles. The van der Waals surface area contributed by atoms with Gasteiger partial charge in [-0.3, -0.25) is 14.9 Å². The summed E-state index contributed by atoms with van der Waals surface area (Å²) in [6, 6.07) is 19.1. The summed E-state index contributed by atoms with van der Waals surface area (Å²) in [7, 11) is 0. The van der Waals surface area contributed by atoms with Crippen molar-refractivity contribution in [1.82, 2.24) is 0 Å². The van der Waals surface area contributed by atoms with Crippen LogP contribution >= 0.6 is 0 Å². The molecule has 150 valence electrons. The zero-order valence-electron chi connectivity index (χ0n) is 15.5. The second-order valence-electron chi connectivity index (χ2n) is 6.41. The lowest BCUT2D eigenvalue weighted by molar-refractivity contribution is -0.385. The second-order valence-corrected chi connectivity index (χ2v) is 6.41. The van der Waals surface area contributed by atoms with Crippen molar-refractivity contribution < 1.29 is 28.7 Å². The van der Waals surface area contributed by atoms with E-state index >= 15 is 0 Å². The van der Waals surface area contributed by atoms with E-state index in [0.717, 1.165) is 6.07 Å². The lowest BCUT2D eigenvalue weighted by Crippen LogP contribution is -2.21. The number of hydrogen-bond acceptors (Lipinski definition) is 7. The monoisotopic (exact) mass is 405 g/mol. The highest BCUT2D eigenvalue weighted by Crippen LogP contribution is 2.38. The lowest BCUT2D eigenvalue weighted by Gasteiger charge is -2.17. The summed E-state index contributed by atoms with van der Waals surface area (Å²) in [5, 5.41) is 11.5. The van der Waals surface area contributed by atoms with Crippen LogP contribution in [0.3, 0.4) is 0 Å². The van der Waals surface area contributed by atoms with E-state index in [4.69, 9.17) is 14.2 Å². The minimum absolute atomic E-state index is 0.107. The zero-order valence-corrected chi connectivity index (χ0v) is 15.5. The quantitative estimate of drug-likeness (QED) is 0.263. The molecule has 1 atom stereocenters. The molecular formula is C22H15NO7. The summed E-state index contributed by atoms with van der Waals surface area (Å²) in [5.74, 6) is -1.10. The van der Waals surface area contributed by atoms with Crippen molar-refractivity contribution in [3.63, 3.8) is 0 Å². The molecule has 4 rings (SSSR count). The van der Waals surface area contributed by atoms with Gasteiger partial charge in [-0.2, -0.15) is 0 Å². The molecule has 0 aromatic heterocycles. The van der Waals surface area contributed by atoms with Crippen LogP contribution < -0.4 is 9.47 Å². The predicted molar refractivity (Wildman–Crippen MR) is 105 cm³/mol. The number of esters is 1. The van der Waals surface area contributed by atoms with Crippen molar-refractivity contribution in [3.05, 3.63) is 99.6 Å². The number of nitro benzene ring substituents is 1. The van der Waals surface area contributed by atoms with Gasteiger partial charge in [-0.1, -0.05) is 60.7 Å². The van der Waals surface area contributed by atoms with Crippen molar-refractivity contribution in [3.8, 4) is 11.5 Å². The number of nitro groups is 1. The first-order chi connectivity index (χ1) is 14.5. The minimum Gasteiger partial charge on any atom is -0.454 e. The first-order valence-electron chi connectivity index (χ1n) is 8.98. The van der Waals surface area contributed by atoms with E-state index in [9.17, 15) is 19.7 Å². The van der Waals surface area contributed by atoms with E-state index < -0.39 is 28.5 Å². The molecule has 0 N–H and O–H groups in total. The molecule has 0 fully saturated rings. The van der Waals surface area contributed by atoms with Crippen LogP contribution in [0.4, 0.5) is 5.69 Å². The Morgan fingerprint density at radius 3 is 2.17 bits per heavy atom. The average Bonchev–Trinajstić information content (AvgIpc) is 3.25. The number of nitrogens with zero attached hydrogens (tertiary/aromatic N) is 1. The summed E-state index contributed by atoms with van der Waals surface area (Å²) < 4.78 is 15.8. The molecule has 0 radical (unpaired) electrons. The van der Waals surface area contributed by atoms with Crippen LogP contribution in [-0.4, -0.2) is 23.5 Å². The molecule has 0 bridgehead atoms. The molecule has 0 saturated carbocycles. The number of fused-ring (bicyclic) bond motifs is 1. The van der Waals surface area contributed by atoms with E-state index in [2.05, 4.69) is 0 Å². The summed E-state index contributed by atoms with van der Waals surface area (Å²) in [6.45, 7) is -0.107. The molecular weight excluding hydrogens is 390 g/mol. The zero-order chi connectivity index (χ0) is 21.1. The molecule has 8 heteroatoms. The standard InChI is InChI=1S/C22H15NO7/c24-20(14-7-3-1-4-8-14)21(15-9-5-2-6-10-15)30-22(25)16-11-18-19(29-13-28-18)12-17(16)23(26)27/h1-12,21H,13H2. The first kappa shape index (κ1) is 19.1. The van der Waals surface area contributed by atoms with Gasteiger partial charge in [0.1, 0.15) is 5.56 Å². The maximum Gasteiger partial charge on any atom is 0.346 e. The van der Waals surface area contributed by atoms with Crippen LogP contribution in [0, 0.1) is 10.1 Å². The SMILES string of the molecule is O=C(OC(C(=O)c1ccccc1)c1ccccc1)c1cc2c(cc1[N+](=O)[O-])OCO2. The Hall–Kier alpha value is -4.20. The van der Waals surface area contributed by atoms with E-state index in [1.165, 1.54) is 6.07 Å². The van der Waals surface area contributed by atoms with Gasteiger partial charge in [-0.05, 0) is 0 Å². The van der Waals surface area contributed by atoms with Crippen LogP contribution in [0.2, 0.25) is 0 Å². The third kappa shape index (κ3) is 3.70. The number of carbonyl (C=O) groups excluding carboxylic acids is 2. The number of ether oxygens (including phenoxy) is 3. The van der Waals surface area contributed by atoms with Gasteiger partial charge in [0.05, 0.1) is 11.0 Å². The molecule has 0 spiro atoms. The number of benzene rings is 3. The summed E-state index contributed by atoms with van der Waals surface area (Å²) in [5.41, 5.74) is -0.0308. The lowest BCUT2D eigenvalue weighted by atomic mass is 9.99. The van der Waals surface area contributed by atoms with Gasteiger partial charge in [0.15, 0.2) is 17.6 Å². The minimum atomic E-state index is -1.27. The third-order valence-electron chi connectivity index (χ3n) is 4.53. The molecule has 1 unspecified atom stereocenters. The highest BCUT2D eigenvalue weighted by molar-refractivity contribution is 6.03. The van der Waals surface area contributed by atoms with Crippen molar-refractivity contribution in [1.29, 1.82) is 0 Å². The van der Waals surface area contributed by atoms with Crippen LogP contribution in [-0.2, 0) is 4.74 Å². The van der Waals surface area contributed by atoms with Gasteiger partial charge >= 0.3 is 5.97 Å². The van der Waals surface area contributed by atoms with E-state index in [1.807, 2.05) is 0 Å². The highest BCUT2D eigenvalue weighted by atomic mass is 16.7. The fourth-order valence-electron chi connectivity index (χ4n) is 3.07. The first-order valence-corrected chi connectivity index (χ1v) is 8.98. The van der Waals surface area contributed by atoms with Crippen LogP contribution in [0.5, 0.6) is 11.5 Å². The molecule has 1 heterocycles. The van der Waals surface area contributed by atoms with E-state index in [-0.39, 0.29) is 23.9 Å². The summed E-state index contributed by atoms with van der Waals surface area (Å²) in [6.07, 6.45) is -1.27. The van der Waals surface area contributed by atoms with Gasteiger partial charge < -0.3 is 14.2 Å². The molecule has 0 saturated heterocycles.